The summed E-state index contributed by atoms with van der Waals surface area (Å²) in [5, 5.41) is 0. The molecule has 0 aromatic heterocycles. The maximum atomic E-state index is 11.6. The lowest BCUT2D eigenvalue weighted by Crippen LogP contribution is -2.02. The fourth-order valence-corrected chi connectivity index (χ4v) is 0.131. The third kappa shape index (κ3) is 3.26. The Kier molecular flexibility index (Phi) is 3.32. The van der Waals surface area contributed by atoms with Gasteiger partial charge < -0.3 is 9.47 Å². The van der Waals surface area contributed by atoms with Crippen LogP contribution in [-0.2, 0) is 9.47 Å². The minimum atomic E-state index is -1.67. The monoisotopic (exact) mass is 106 g/mol. The van der Waals surface area contributed by atoms with Gasteiger partial charge in [-0.3, -0.25) is 0 Å². The van der Waals surface area contributed by atoms with E-state index >= 15 is 0 Å². The molecule has 0 aliphatic rings. The molecule has 0 aromatic carbocycles. The summed E-state index contributed by atoms with van der Waals surface area (Å²) in [4.78, 5) is 0. The first-order valence-corrected chi connectivity index (χ1v) is 1.74. The Morgan fingerprint density at radius 1 is 1.86 bits per heavy atom. The molecule has 1 atom stereocenters. The number of alkyl halides is 1. The molecule has 0 fully saturated rings. The zero-order valence-corrected chi connectivity index (χ0v) is 4.06. The van der Waals surface area contributed by atoms with E-state index in [0.717, 1.165) is 6.26 Å². The summed E-state index contributed by atoms with van der Waals surface area (Å²) < 4.78 is 19.7. The summed E-state index contributed by atoms with van der Waals surface area (Å²) in [6.45, 7) is 1.44. The Balaban J connectivity index is 2.98. The van der Waals surface area contributed by atoms with Crippen molar-refractivity contribution in [3.05, 3.63) is 12.8 Å². The third-order valence-corrected chi connectivity index (χ3v) is 0.389. The first-order valence-electron chi connectivity index (χ1n) is 1.74. The van der Waals surface area contributed by atoms with Gasteiger partial charge in [-0.15, -0.1) is 0 Å². The van der Waals surface area contributed by atoms with E-state index in [9.17, 15) is 4.39 Å². The minimum Gasteiger partial charge on any atom is -0.447 e. The molecule has 42 valence electrons. The third-order valence-electron chi connectivity index (χ3n) is 0.389. The zero-order valence-electron chi connectivity index (χ0n) is 4.06. The molecule has 3 heteroatoms. The smallest absolute Gasteiger partial charge is 0.351 e. The largest absolute Gasteiger partial charge is 0.447 e. The molecule has 7 heavy (non-hydrogen) atoms. The standard InChI is InChI=1S/C4H7FO2/c1-3-7-4(5)6-2/h3-4H,1H2,2H3. The van der Waals surface area contributed by atoms with Gasteiger partial charge in [0, 0.05) is 7.11 Å². The maximum absolute atomic E-state index is 11.6. The maximum Gasteiger partial charge on any atom is 0.351 e. The topological polar surface area (TPSA) is 18.5 Å². The SMILES string of the molecule is C=COC(F)OC. The van der Waals surface area contributed by atoms with E-state index in [2.05, 4.69) is 16.1 Å². The predicted octanol–water partition coefficient (Wildman–Crippen LogP) is 1.05. The van der Waals surface area contributed by atoms with Gasteiger partial charge >= 0.3 is 6.54 Å². The van der Waals surface area contributed by atoms with Gasteiger partial charge in [0.05, 0.1) is 6.26 Å². The van der Waals surface area contributed by atoms with Crippen molar-refractivity contribution in [1.29, 1.82) is 0 Å². The number of hydrogen-bond donors (Lipinski definition) is 0. The summed E-state index contributed by atoms with van der Waals surface area (Å²) in [5.41, 5.74) is 0. The van der Waals surface area contributed by atoms with Gasteiger partial charge in [-0.2, -0.15) is 4.39 Å². The molecule has 0 heterocycles. The lowest BCUT2D eigenvalue weighted by Gasteiger charge is -2.01. The Morgan fingerprint density at radius 2 is 2.43 bits per heavy atom. The number of halogens is 1. The van der Waals surface area contributed by atoms with E-state index in [1.54, 1.807) is 0 Å². The first kappa shape index (κ1) is 6.43. The Hall–Kier alpha value is -0.570. The van der Waals surface area contributed by atoms with Crippen molar-refractivity contribution >= 4 is 0 Å². The molecule has 0 bridgehead atoms. The van der Waals surface area contributed by atoms with Crippen molar-refractivity contribution in [2.45, 2.75) is 6.54 Å². The summed E-state index contributed by atoms with van der Waals surface area (Å²) in [6, 6.07) is 0. The van der Waals surface area contributed by atoms with Crippen molar-refractivity contribution in [2.75, 3.05) is 7.11 Å². The van der Waals surface area contributed by atoms with E-state index in [4.69, 9.17) is 0 Å². The van der Waals surface area contributed by atoms with Gasteiger partial charge in [0.1, 0.15) is 0 Å². The van der Waals surface area contributed by atoms with Gasteiger partial charge in [0.15, 0.2) is 0 Å². The van der Waals surface area contributed by atoms with Crippen LogP contribution in [0.4, 0.5) is 4.39 Å². The molecule has 0 N–H and O–H groups in total. The number of rotatable bonds is 3. The molecule has 0 saturated carbocycles. The highest BCUT2D eigenvalue weighted by atomic mass is 19.2. The van der Waals surface area contributed by atoms with E-state index in [-0.39, 0.29) is 0 Å². The second-order valence-corrected chi connectivity index (χ2v) is 0.813. The quantitative estimate of drug-likeness (QED) is 0.395. The number of ether oxygens (including phenoxy) is 2. The summed E-state index contributed by atoms with van der Waals surface area (Å²) >= 11 is 0. The zero-order chi connectivity index (χ0) is 5.70. The summed E-state index contributed by atoms with van der Waals surface area (Å²) in [7, 11) is 1.20. The molecule has 2 nitrogen and oxygen atoms in total. The van der Waals surface area contributed by atoms with Gasteiger partial charge in [0.2, 0.25) is 0 Å². The Labute approximate surface area is 41.5 Å². The number of methoxy groups -OCH3 is 1. The Morgan fingerprint density at radius 3 is 2.57 bits per heavy atom. The molecule has 0 aliphatic carbocycles. The van der Waals surface area contributed by atoms with Crippen LogP contribution in [0.5, 0.6) is 0 Å². The lowest BCUT2D eigenvalue weighted by molar-refractivity contribution is -0.170. The fourth-order valence-electron chi connectivity index (χ4n) is 0.131. The van der Waals surface area contributed by atoms with E-state index in [0.29, 0.717) is 0 Å². The van der Waals surface area contributed by atoms with Crippen LogP contribution < -0.4 is 0 Å². The fraction of sp³-hybridized carbons (Fsp3) is 0.500. The van der Waals surface area contributed by atoms with Crippen molar-refractivity contribution in [1.82, 2.24) is 0 Å². The minimum absolute atomic E-state index is 0.980. The summed E-state index contributed by atoms with van der Waals surface area (Å²) in [6.07, 6.45) is 0.980. The van der Waals surface area contributed by atoms with Gasteiger partial charge in [0.25, 0.3) is 0 Å². The molecular formula is C4H7FO2. The van der Waals surface area contributed by atoms with E-state index in [1.165, 1.54) is 7.11 Å². The molecular weight excluding hydrogens is 99.0 g/mol. The molecule has 0 spiro atoms. The second kappa shape index (κ2) is 3.61. The second-order valence-electron chi connectivity index (χ2n) is 0.813. The van der Waals surface area contributed by atoms with Crippen LogP contribution in [0.15, 0.2) is 12.8 Å². The van der Waals surface area contributed by atoms with Crippen molar-refractivity contribution < 1.29 is 13.9 Å². The molecule has 0 amide bonds. The first-order chi connectivity index (χ1) is 3.31. The highest BCUT2D eigenvalue weighted by molar-refractivity contribution is 4.46. The predicted molar refractivity (Wildman–Crippen MR) is 23.2 cm³/mol. The van der Waals surface area contributed by atoms with Gasteiger partial charge in [-0.1, -0.05) is 6.58 Å². The van der Waals surface area contributed by atoms with Crippen LogP contribution in [0.25, 0.3) is 0 Å². The van der Waals surface area contributed by atoms with Crippen LogP contribution in [-0.4, -0.2) is 13.7 Å². The number of hydrogen-bond acceptors (Lipinski definition) is 2. The molecule has 0 aliphatic heterocycles. The van der Waals surface area contributed by atoms with E-state index in [1.807, 2.05) is 0 Å². The highest BCUT2D eigenvalue weighted by Gasteiger charge is 1.96. The van der Waals surface area contributed by atoms with Crippen LogP contribution in [0.2, 0.25) is 0 Å². The van der Waals surface area contributed by atoms with Crippen molar-refractivity contribution in [3.63, 3.8) is 0 Å². The van der Waals surface area contributed by atoms with Crippen molar-refractivity contribution in [2.24, 2.45) is 0 Å². The highest BCUT2D eigenvalue weighted by Crippen LogP contribution is 1.91. The average Bonchev–Trinajstić information content (AvgIpc) is 1.68. The average molecular weight is 106 g/mol. The Bertz CT molecular complexity index is 55.7. The van der Waals surface area contributed by atoms with Crippen LogP contribution in [0.3, 0.4) is 0 Å². The molecule has 0 saturated heterocycles. The van der Waals surface area contributed by atoms with Gasteiger partial charge in [-0.05, 0) is 0 Å². The summed E-state index contributed by atoms with van der Waals surface area (Å²) in [5.74, 6) is 0. The molecule has 0 aromatic rings. The van der Waals surface area contributed by atoms with Crippen molar-refractivity contribution in [3.8, 4) is 0 Å². The van der Waals surface area contributed by atoms with Crippen LogP contribution in [0.1, 0.15) is 0 Å². The molecule has 0 radical (unpaired) electrons. The van der Waals surface area contributed by atoms with Gasteiger partial charge in [-0.25, -0.2) is 0 Å². The lowest BCUT2D eigenvalue weighted by atomic mass is 11.1. The van der Waals surface area contributed by atoms with E-state index < -0.39 is 6.54 Å². The molecule has 1 unspecified atom stereocenters. The van der Waals surface area contributed by atoms with Crippen LogP contribution in [0, 0.1) is 0 Å². The normalized spacial score (nSPS) is 12.9. The molecule has 0 rings (SSSR count). The van der Waals surface area contributed by atoms with Crippen LogP contribution >= 0.6 is 0 Å².